The lowest BCUT2D eigenvalue weighted by Gasteiger charge is -2.41. The standard InChI is InChI=1S/C24H26N7/c1-15-6-5-9-18(12-16-7-3-2-4-8-16)31(15)22-14-20(27-24(26)28-22)17-10-11-19-21(13-17)29-30-23(19)25/h2-4,7-11,13-15,18H,5-6,12H2,1H3,(H3,25,29,30)(H2,26,27,28)/t15-,18?/m1/s1. The maximum Gasteiger partial charge on any atom is 0.222 e. The molecule has 1 radical (unpaired) electrons. The molecule has 157 valence electrons. The average Bonchev–Trinajstić information content (AvgIpc) is 3.14. The predicted octanol–water partition coefficient (Wildman–Crippen LogP) is 3.99. The van der Waals surface area contributed by atoms with Crippen molar-refractivity contribution in [3.05, 3.63) is 66.6 Å². The highest BCUT2D eigenvalue weighted by atomic mass is 15.3. The topological polar surface area (TPSA) is 110 Å². The fourth-order valence-corrected chi connectivity index (χ4v) is 4.48. The Labute approximate surface area is 181 Å². The van der Waals surface area contributed by atoms with Crippen LogP contribution in [0.2, 0.25) is 0 Å². The Morgan fingerprint density at radius 2 is 1.90 bits per heavy atom. The number of benzene rings is 2. The zero-order chi connectivity index (χ0) is 21.4. The number of anilines is 3. The number of H-pyrrole nitrogens is 1. The molecule has 7 nitrogen and oxygen atoms in total. The van der Waals surface area contributed by atoms with Gasteiger partial charge < -0.3 is 16.4 Å². The molecule has 0 aliphatic carbocycles. The number of rotatable bonds is 4. The Balaban J connectivity index is 1.52. The van der Waals surface area contributed by atoms with E-state index in [1.165, 1.54) is 5.56 Å². The van der Waals surface area contributed by atoms with Crippen molar-refractivity contribution < 1.29 is 0 Å². The molecule has 31 heavy (non-hydrogen) atoms. The molecule has 1 unspecified atom stereocenters. The summed E-state index contributed by atoms with van der Waals surface area (Å²) in [5.41, 5.74) is 16.0. The minimum atomic E-state index is 0.253. The van der Waals surface area contributed by atoms with Crippen LogP contribution in [0, 0.1) is 6.42 Å². The van der Waals surface area contributed by atoms with Gasteiger partial charge in [0.15, 0.2) is 5.82 Å². The van der Waals surface area contributed by atoms with Crippen LogP contribution < -0.4 is 16.4 Å². The molecule has 1 aliphatic heterocycles. The van der Waals surface area contributed by atoms with Gasteiger partial charge in [-0.2, -0.15) is 10.1 Å². The van der Waals surface area contributed by atoms with Crippen molar-refractivity contribution in [1.82, 2.24) is 20.2 Å². The van der Waals surface area contributed by atoms with Crippen LogP contribution in [-0.2, 0) is 6.42 Å². The van der Waals surface area contributed by atoms with Crippen LogP contribution in [0.15, 0.2) is 54.6 Å². The molecule has 2 aromatic heterocycles. The van der Waals surface area contributed by atoms with Gasteiger partial charge in [-0.1, -0.05) is 36.4 Å². The number of nitrogens with two attached hydrogens (primary N) is 2. The van der Waals surface area contributed by atoms with Gasteiger partial charge in [0.1, 0.15) is 5.82 Å². The highest BCUT2D eigenvalue weighted by Gasteiger charge is 2.30. The molecule has 5 N–H and O–H groups in total. The van der Waals surface area contributed by atoms with E-state index in [2.05, 4.69) is 68.7 Å². The maximum absolute atomic E-state index is 6.16. The molecule has 1 aliphatic rings. The zero-order valence-corrected chi connectivity index (χ0v) is 17.5. The molecule has 7 heteroatoms. The summed E-state index contributed by atoms with van der Waals surface area (Å²) in [5.74, 6) is 1.62. The molecular formula is C24H26N7. The lowest BCUT2D eigenvalue weighted by molar-refractivity contribution is 0.461. The smallest absolute Gasteiger partial charge is 0.222 e. The van der Waals surface area contributed by atoms with Crippen LogP contribution in [0.1, 0.15) is 25.3 Å². The van der Waals surface area contributed by atoms with Crippen LogP contribution in [0.25, 0.3) is 22.2 Å². The molecule has 2 aromatic carbocycles. The second-order valence-electron chi connectivity index (χ2n) is 8.17. The number of fused-ring (bicyclic) bond motifs is 1. The summed E-state index contributed by atoms with van der Waals surface area (Å²) in [7, 11) is 0. The van der Waals surface area contributed by atoms with E-state index in [1.54, 1.807) is 0 Å². The Morgan fingerprint density at radius 3 is 2.74 bits per heavy atom. The van der Waals surface area contributed by atoms with Gasteiger partial charge in [0.2, 0.25) is 5.95 Å². The minimum absolute atomic E-state index is 0.253. The van der Waals surface area contributed by atoms with E-state index in [0.29, 0.717) is 11.9 Å². The molecule has 0 amide bonds. The molecule has 1 fully saturated rings. The van der Waals surface area contributed by atoms with Crippen LogP contribution in [-0.4, -0.2) is 32.2 Å². The Morgan fingerprint density at radius 1 is 1.06 bits per heavy atom. The predicted molar refractivity (Wildman–Crippen MR) is 125 cm³/mol. The second-order valence-corrected chi connectivity index (χ2v) is 8.17. The lowest BCUT2D eigenvalue weighted by atomic mass is 9.91. The van der Waals surface area contributed by atoms with Crippen molar-refractivity contribution >= 4 is 28.5 Å². The van der Waals surface area contributed by atoms with Gasteiger partial charge in [-0.3, -0.25) is 5.10 Å². The van der Waals surface area contributed by atoms with Crippen LogP contribution in [0.3, 0.4) is 0 Å². The quantitative estimate of drug-likeness (QED) is 0.467. The minimum Gasteiger partial charge on any atom is -0.382 e. The van der Waals surface area contributed by atoms with E-state index in [9.17, 15) is 0 Å². The number of hydrogen-bond acceptors (Lipinski definition) is 6. The second kappa shape index (κ2) is 7.91. The highest BCUT2D eigenvalue weighted by molar-refractivity contribution is 5.91. The first-order valence-electron chi connectivity index (χ1n) is 10.6. The largest absolute Gasteiger partial charge is 0.382 e. The van der Waals surface area contributed by atoms with Gasteiger partial charge in [0.25, 0.3) is 0 Å². The van der Waals surface area contributed by atoms with Gasteiger partial charge in [-0.15, -0.1) is 0 Å². The summed E-state index contributed by atoms with van der Waals surface area (Å²) < 4.78 is 0. The summed E-state index contributed by atoms with van der Waals surface area (Å²) in [5, 5.41) is 7.95. The Hall–Kier alpha value is -3.61. The Bertz CT molecular complexity index is 1200. The van der Waals surface area contributed by atoms with Crippen molar-refractivity contribution in [2.45, 2.75) is 38.3 Å². The van der Waals surface area contributed by atoms with E-state index in [0.717, 1.165) is 47.2 Å². The molecule has 0 saturated carbocycles. The average molecular weight is 413 g/mol. The summed E-state index contributed by atoms with van der Waals surface area (Å²) >= 11 is 0. The SMILES string of the molecule is C[C@@H]1CC[CH]C(Cc2ccccc2)N1c1cc(-c2ccc3c(N)n[nH]c3c2)nc(N)n1. The van der Waals surface area contributed by atoms with Gasteiger partial charge in [0, 0.05) is 29.1 Å². The first kappa shape index (κ1) is 19.4. The molecule has 0 spiro atoms. The lowest BCUT2D eigenvalue weighted by Crippen LogP contribution is -2.47. The molecule has 4 aromatic rings. The molecular weight excluding hydrogens is 386 g/mol. The number of piperidine rings is 1. The van der Waals surface area contributed by atoms with E-state index >= 15 is 0 Å². The van der Waals surface area contributed by atoms with Crippen molar-refractivity contribution in [3.8, 4) is 11.3 Å². The first-order chi connectivity index (χ1) is 15.1. The van der Waals surface area contributed by atoms with Crippen molar-refractivity contribution in [2.24, 2.45) is 0 Å². The van der Waals surface area contributed by atoms with Crippen LogP contribution >= 0.6 is 0 Å². The fraction of sp³-hybridized carbons (Fsp3) is 0.250. The van der Waals surface area contributed by atoms with Crippen molar-refractivity contribution in [3.63, 3.8) is 0 Å². The van der Waals surface area contributed by atoms with E-state index in [1.807, 2.05) is 24.3 Å². The number of nitrogen functional groups attached to an aromatic ring is 2. The van der Waals surface area contributed by atoms with E-state index < -0.39 is 0 Å². The van der Waals surface area contributed by atoms with Crippen LogP contribution in [0.5, 0.6) is 0 Å². The van der Waals surface area contributed by atoms with Gasteiger partial charge in [0.05, 0.1) is 11.2 Å². The summed E-state index contributed by atoms with van der Waals surface area (Å²) in [6, 6.07) is 19.2. The Kier molecular flexibility index (Phi) is 4.94. The normalized spacial score (nSPS) is 19.1. The van der Waals surface area contributed by atoms with Gasteiger partial charge in [-0.25, -0.2) is 4.98 Å². The van der Waals surface area contributed by atoms with Gasteiger partial charge in [-0.05, 0) is 50.3 Å². The highest BCUT2D eigenvalue weighted by Crippen LogP contribution is 2.33. The molecule has 1 saturated heterocycles. The number of nitrogens with one attached hydrogen (secondary N) is 1. The monoisotopic (exact) mass is 412 g/mol. The number of aromatic nitrogens is 4. The molecule has 5 rings (SSSR count). The summed E-state index contributed by atoms with van der Waals surface area (Å²) in [6.07, 6.45) is 5.51. The number of nitrogens with zero attached hydrogens (tertiary/aromatic N) is 4. The number of hydrogen-bond donors (Lipinski definition) is 3. The van der Waals surface area contributed by atoms with E-state index in [4.69, 9.17) is 11.5 Å². The third-order valence-corrected chi connectivity index (χ3v) is 6.03. The summed E-state index contributed by atoms with van der Waals surface area (Å²) in [6.45, 7) is 2.25. The number of aromatic amines is 1. The molecule has 2 atom stereocenters. The molecule has 3 heterocycles. The fourth-order valence-electron chi connectivity index (χ4n) is 4.48. The van der Waals surface area contributed by atoms with Gasteiger partial charge >= 0.3 is 0 Å². The maximum atomic E-state index is 6.16. The molecule has 0 bridgehead atoms. The van der Waals surface area contributed by atoms with Crippen LogP contribution in [0.4, 0.5) is 17.6 Å². The third kappa shape index (κ3) is 3.79. The zero-order valence-electron chi connectivity index (χ0n) is 17.5. The summed E-state index contributed by atoms with van der Waals surface area (Å²) in [4.78, 5) is 11.5. The van der Waals surface area contributed by atoms with E-state index in [-0.39, 0.29) is 12.0 Å². The van der Waals surface area contributed by atoms with Crippen molar-refractivity contribution in [2.75, 3.05) is 16.4 Å². The first-order valence-corrected chi connectivity index (χ1v) is 10.6. The van der Waals surface area contributed by atoms with Crippen molar-refractivity contribution in [1.29, 1.82) is 0 Å². The third-order valence-electron chi connectivity index (χ3n) is 6.03.